The standard InChI is InChI=1S/C26H22N2O4S/c1-31-18-11-10-14(12-19(18)32-2)23(29)21-16-7-4-3-6-15(16)13-28-24(21)27-25(30)22-17-8-5-9-20(17)33-26(22)28/h3-4,6-7,10-12,29H,5,8-9,13H2,1-2H3/b23-21-. The van der Waals surface area contributed by atoms with Gasteiger partial charge in [-0.1, -0.05) is 24.3 Å². The van der Waals surface area contributed by atoms with Crippen molar-refractivity contribution in [1.82, 2.24) is 9.55 Å². The number of aryl methyl sites for hydroxylation is 2. The summed E-state index contributed by atoms with van der Waals surface area (Å²) in [6, 6.07) is 13.2. The number of thiophene rings is 1. The van der Waals surface area contributed by atoms with Crippen LogP contribution in [0.5, 0.6) is 11.5 Å². The second-order valence-corrected chi connectivity index (χ2v) is 9.40. The fourth-order valence-corrected chi connectivity index (χ4v) is 6.38. The van der Waals surface area contributed by atoms with Gasteiger partial charge in [-0.3, -0.25) is 4.79 Å². The lowest BCUT2D eigenvalue weighted by atomic mass is 9.92. The van der Waals surface area contributed by atoms with Gasteiger partial charge in [0, 0.05) is 10.4 Å². The van der Waals surface area contributed by atoms with E-state index in [1.807, 2.05) is 18.2 Å². The highest BCUT2D eigenvalue weighted by atomic mass is 32.1. The molecule has 0 unspecified atom stereocenters. The van der Waals surface area contributed by atoms with Crippen LogP contribution in [0.4, 0.5) is 0 Å². The topological polar surface area (TPSA) is 73.6 Å². The van der Waals surface area contributed by atoms with E-state index in [0.29, 0.717) is 35.0 Å². The molecule has 6 rings (SSSR count). The molecular weight excluding hydrogens is 436 g/mol. The fourth-order valence-electron chi connectivity index (χ4n) is 5.00. The zero-order valence-electron chi connectivity index (χ0n) is 18.3. The summed E-state index contributed by atoms with van der Waals surface area (Å²) >= 11 is 1.69. The highest BCUT2D eigenvalue weighted by molar-refractivity contribution is 7.19. The molecule has 6 nitrogen and oxygen atoms in total. The number of ether oxygens (including phenoxy) is 2. The highest BCUT2D eigenvalue weighted by Crippen LogP contribution is 2.42. The average molecular weight is 459 g/mol. The molecule has 2 aromatic heterocycles. The van der Waals surface area contributed by atoms with Crippen molar-refractivity contribution in [3.63, 3.8) is 0 Å². The molecule has 1 aliphatic heterocycles. The fraction of sp³-hybridized carbons (Fsp3) is 0.231. The first-order valence-electron chi connectivity index (χ1n) is 10.9. The van der Waals surface area contributed by atoms with Crippen LogP contribution in [0.2, 0.25) is 0 Å². The van der Waals surface area contributed by atoms with Gasteiger partial charge < -0.3 is 19.1 Å². The van der Waals surface area contributed by atoms with Gasteiger partial charge in [-0.05, 0) is 54.2 Å². The minimum atomic E-state index is -0.215. The molecule has 0 saturated heterocycles. The summed E-state index contributed by atoms with van der Waals surface area (Å²) in [6.45, 7) is 0.609. The van der Waals surface area contributed by atoms with Gasteiger partial charge in [0.05, 0.1) is 31.7 Å². The van der Waals surface area contributed by atoms with Gasteiger partial charge in [-0.2, -0.15) is 4.98 Å². The Morgan fingerprint density at radius 1 is 1.09 bits per heavy atom. The first-order valence-corrected chi connectivity index (χ1v) is 11.7. The molecule has 0 atom stereocenters. The van der Waals surface area contributed by atoms with Gasteiger partial charge in [0.25, 0.3) is 5.56 Å². The van der Waals surface area contributed by atoms with Crippen molar-refractivity contribution in [1.29, 1.82) is 0 Å². The second kappa shape index (κ2) is 7.49. The van der Waals surface area contributed by atoms with E-state index in [0.717, 1.165) is 46.2 Å². The smallest absolute Gasteiger partial charge is 0.282 e. The third-order valence-electron chi connectivity index (χ3n) is 6.56. The van der Waals surface area contributed by atoms with Crippen molar-refractivity contribution < 1.29 is 14.6 Å². The first-order chi connectivity index (χ1) is 16.1. The van der Waals surface area contributed by atoms with Gasteiger partial charge in [0.2, 0.25) is 0 Å². The molecule has 2 aliphatic rings. The van der Waals surface area contributed by atoms with E-state index in [-0.39, 0.29) is 11.3 Å². The molecule has 1 aliphatic carbocycles. The molecule has 0 fully saturated rings. The lowest BCUT2D eigenvalue weighted by Crippen LogP contribution is -2.23. The SMILES string of the molecule is COc1ccc(/C(O)=C2\c3ccccc3Cn3c2nc(=O)c2c4c(sc23)CCC4)cc1OC. The van der Waals surface area contributed by atoms with E-state index in [4.69, 9.17) is 9.47 Å². The Balaban J connectivity index is 1.66. The maximum absolute atomic E-state index is 13.2. The highest BCUT2D eigenvalue weighted by Gasteiger charge is 2.30. The van der Waals surface area contributed by atoms with E-state index in [1.165, 1.54) is 4.88 Å². The minimum Gasteiger partial charge on any atom is -0.507 e. The van der Waals surface area contributed by atoms with E-state index in [1.54, 1.807) is 43.8 Å². The Hall–Kier alpha value is -3.58. The zero-order valence-corrected chi connectivity index (χ0v) is 19.2. The number of hydrogen-bond acceptors (Lipinski definition) is 6. The number of aliphatic hydroxyl groups excluding tert-OH is 1. The third kappa shape index (κ3) is 2.92. The molecule has 0 bridgehead atoms. The van der Waals surface area contributed by atoms with E-state index >= 15 is 0 Å². The Morgan fingerprint density at radius 2 is 1.91 bits per heavy atom. The summed E-state index contributed by atoms with van der Waals surface area (Å²) in [6.07, 6.45) is 3.04. The molecular formula is C26H22N2O4S. The molecule has 7 heteroatoms. The van der Waals surface area contributed by atoms with Crippen LogP contribution >= 0.6 is 11.3 Å². The van der Waals surface area contributed by atoms with Crippen molar-refractivity contribution in [2.24, 2.45) is 0 Å². The molecule has 0 amide bonds. The van der Waals surface area contributed by atoms with E-state index in [2.05, 4.69) is 15.6 Å². The van der Waals surface area contributed by atoms with Gasteiger partial charge >= 0.3 is 0 Å². The monoisotopic (exact) mass is 458 g/mol. The van der Waals surface area contributed by atoms with Crippen molar-refractivity contribution in [2.45, 2.75) is 25.8 Å². The Kier molecular flexibility index (Phi) is 4.55. The van der Waals surface area contributed by atoms with Gasteiger partial charge in [-0.15, -0.1) is 11.3 Å². The average Bonchev–Trinajstić information content (AvgIpc) is 3.44. The summed E-state index contributed by atoms with van der Waals surface area (Å²) in [7, 11) is 3.13. The third-order valence-corrected chi connectivity index (χ3v) is 7.87. The lowest BCUT2D eigenvalue weighted by Gasteiger charge is -2.25. The maximum atomic E-state index is 13.2. The molecule has 0 saturated carbocycles. The van der Waals surface area contributed by atoms with Crippen LogP contribution in [-0.4, -0.2) is 28.9 Å². The van der Waals surface area contributed by atoms with Crippen LogP contribution in [-0.2, 0) is 19.4 Å². The molecule has 1 N–H and O–H groups in total. The largest absolute Gasteiger partial charge is 0.507 e. The van der Waals surface area contributed by atoms with Crippen LogP contribution in [0, 0.1) is 0 Å². The summed E-state index contributed by atoms with van der Waals surface area (Å²) in [5.74, 6) is 1.64. The quantitative estimate of drug-likeness (QED) is 0.393. The number of aliphatic hydroxyl groups is 1. The molecule has 2 aromatic carbocycles. The molecule has 33 heavy (non-hydrogen) atoms. The van der Waals surface area contributed by atoms with Gasteiger partial charge in [0.1, 0.15) is 16.4 Å². The Bertz CT molecular complexity index is 1530. The summed E-state index contributed by atoms with van der Waals surface area (Å²) in [5.41, 5.74) is 4.02. The van der Waals surface area contributed by atoms with Crippen LogP contribution < -0.4 is 15.0 Å². The van der Waals surface area contributed by atoms with Crippen LogP contribution in [0.25, 0.3) is 21.5 Å². The maximum Gasteiger partial charge on any atom is 0.282 e. The summed E-state index contributed by atoms with van der Waals surface area (Å²) < 4.78 is 12.9. The Labute approximate surface area is 194 Å². The van der Waals surface area contributed by atoms with Gasteiger partial charge in [-0.25, -0.2) is 0 Å². The van der Waals surface area contributed by atoms with Gasteiger partial charge in [0.15, 0.2) is 11.5 Å². The van der Waals surface area contributed by atoms with Crippen LogP contribution in [0.3, 0.4) is 0 Å². The molecule has 0 radical (unpaired) electrons. The number of hydrogen-bond donors (Lipinski definition) is 1. The van der Waals surface area contributed by atoms with Crippen molar-refractivity contribution in [3.05, 3.63) is 85.8 Å². The molecule has 3 heterocycles. The Morgan fingerprint density at radius 3 is 2.73 bits per heavy atom. The number of aromatic nitrogens is 2. The zero-order chi connectivity index (χ0) is 22.7. The minimum absolute atomic E-state index is 0.0483. The number of fused-ring (bicyclic) bond motifs is 6. The number of nitrogens with zero attached hydrogens (tertiary/aromatic N) is 2. The molecule has 4 aromatic rings. The van der Waals surface area contributed by atoms with Crippen molar-refractivity contribution in [2.75, 3.05) is 14.2 Å². The number of rotatable bonds is 3. The molecule has 166 valence electrons. The van der Waals surface area contributed by atoms with E-state index in [9.17, 15) is 9.90 Å². The van der Waals surface area contributed by atoms with E-state index < -0.39 is 0 Å². The normalized spacial score (nSPS) is 15.7. The van der Waals surface area contributed by atoms with Crippen molar-refractivity contribution in [3.8, 4) is 11.5 Å². The molecule has 0 spiro atoms. The second-order valence-electron chi connectivity index (χ2n) is 8.31. The predicted molar refractivity (Wildman–Crippen MR) is 130 cm³/mol. The van der Waals surface area contributed by atoms with Crippen molar-refractivity contribution >= 4 is 32.9 Å². The lowest BCUT2D eigenvalue weighted by molar-refractivity contribution is 0.354. The number of methoxy groups -OCH3 is 2. The van der Waals surface area contributed by atoms with Crippen LogP contribution in [0.1, 0.15) is 39.4 Å². The summed E-state index contributed by atoms with van der Waals surface area (Å²) in [5, 5.41) is 12.3. The summed E-state index contributed by atoms with van der Waals surface area (Å²) in [4.78, 5) is 20.0. The number of benzene rings is 2. The predicted octanol–water partition coefficient (Wildman–Crippen LogP) is 4.80. The first kappa shape index (κ1) is 20.1. The van der Waals surface area contributed by atoms with Crippen LogP contribution in [0.15, 0.2) is 47.3 Å².